The number of nitrogens with zero attached hydrogens (tertiary/aromatic N) is 3. The van der Waals surface area contributed by atoms with Gasteiger partial charge in [-0.1, -0.05) is 60.7 Å². The van der Waals surface area contributed by atoms with E-state index < -0.39 is 10.0 Å². The van der Waals surface area contributed by atoms with Gasteiger partial charge < -0.3 is 0 Å². The van der Waals surface area contributed by atoms with E-state index in [2.05, 4.69) is 9.88 Å². The normalized spacial score (nSPS) is 16.7. The van der Waals surface area contributed by atoms with E-state index in [-0.39, 0.29) is 24.3 Å². The van der Waals surface area contributed by atoms with Crippen molar-refractivity contribution < 1.29 is 13.2 Å². The molecule has 2 aromatic carbocycles. The minimum absolute atomic E-state index is 0.0992. The third kappa shape index (κ3) is 5.86. The van der Waals surface area contributed by atoms with Gasteiger partial charge in [0.15, 0.2) is 0 Å². The van der Waals surface area contributed by atoms with Crippen molar-refractivity contribution in [2.75, 3.05) is 19.3 Å². The Morgan fingerprint density at radius 1 is 1.00 bits per heavy atom. The molecule has 7 heteroatoms. The molecule has 3 aromatic rings. The highest BCUT2D eigenvalue weighted by molar-refractivity contribution is 7.88. The van der Waals surface area contributed by atoms with Gasteiger partial charge >= 0.3 is 0 Å². The van der Waals surface area contributed by atoms with Crippen LogP contribution in [0.1, 0.15) is 35.4 Å². The fraction of sp³-hybridized carbons (Fsp3) is 0.308. The number of sulfonamides is 1. The summed E-state index contributed by atoms with van der Waals surface area (Å²) in [7, 11) is -3.71. The standard InChI is InChI=1S/C26H29N3O3S/c1-33(31,32)29(24-14-17-28(20-24)19-21-12-15-27-16-13-21)26(30)18-25(22-8-4-2-5-9-22)23-10-6-3-7-11-23/h2-13,15-16,24-25H,14,17-20H2,1H3. The predicted octanol–water partition coefficient (Wildman–Crippen LogP) is 3.67. The first-order chi connectivity index (χ1) is 15.9. The van der Waals surface area contributed by atoms with Gasteiger partial charge in [0.1, 0.15) is 0 Å². The molecule has 1 amide bonds. The van der Waals surface area contributed by atoms with Crippen molar-refractivity contribution in [3.63, 3.8) is 0 Å². The van der Waals surface area contributed by atoms with Crippen molar-refractivity contribution in [2.24, 2.45) is 0 Å². The average Bonchev–Trinajstić information content (AvgIpc) is 3.26. The third-order valence-electron chi connectivity index (χ3n) is 6.12. The zero-order valence-electron chi connectivity index (χ0n) is 18.7. The van der Waals surface area contributed by atoms with Gasteiger partial charge in [-0.15, -0.1) is 0 Å². The summed E-state index contributed by atoms with van der Waals surface area (Å²) in [6, 6.07) is 23.1. The molecule has 172 valence electrons. The number of aromatic nitrogens is 1. The fourth-order valence-electron chi connectivity index (χ4n) is 4.62. The van der Waals surface area contributed by atoms with E-state index in [1.54, 1.807) is 12.4 Å². The van der Waals surface area contributed by atoms with Crippen molar-refractivity contribution in [1.82, 2.24) is 14.2 Å². The van der Waals surface area contributed by atoms with Crippen LogP contribution in [0.2, 0.25) is 0 Å². The lowest BCUT2D eigenvalue weighted by atomic mass is 9.88. The monoisotopic (exact) mass is 463 g/mol. The summed E-state index contributed by atoms with van der Waals surface area (Å²) in [4.78, 5) is 19.8. The molecule has 0 radical (unpaired) electrons. The molecule has 0 saturated carbocycles. The molecule has 0 aliphatic carbocycles. The molecule has 1 unspecified atom stereocenters. The Labute approximate surface area is 195 Å². The third-order valence-corrected chi connectivity index (χ3v) is 7.34. The lowest BCUT2D eigenvalue weighted by Gasteiger charge is -2.29. The maximum absolute atomic E-state index is 13.5. The fourth-order valence-corrected chi connectivity index (χ4v) is 5.77. The highest BCUT2D eigenvalue weighted by Crippen LogP contribution is 2.30. The number of likely N-dealkylation sites (tertiary alicyclic amines) is 1. The number of benzene rings is 2. The number of hydrogen-bond acceptors (Lipinski definition) is 5. The minimum Gasteiger partial charge on any atom is -0.297 e. The zero-order valence-corrected chi connectivity index (χ0v) is 19.6. The summed E-state index contributed by atoms with van der Waals surface area (Å²) in [5, 5.41) is 0. The Balaban J connectivity index is 1.54. The number of hydrogen-bond donors (Lipinski definition) is 0. The summed E-state index contributed by atoms with van der Waals surface area (Å²) in [5.41, 5.74) is 3.11. The summed E-state index contributed by atoms with van der Waals surface area (Å²) in [6.07, 6.45) is 5.37. The molecule has 1 atom stereocenters. The molecule has 2 heterocycles. The van der Waals surface area contributed by atoms with E-state index in [9.17, 15) is 13.2 Å². The van der Waals surface area contributed by atoms with E-state index in [1.807, 2.05) is 72.8 Å². The second-order valence-corrected chi connectivity index (χ2v) is 10.4. The van der Waals surface area contributed by atoms with Crippen LogP contribution in [0.5, 0.6) is 0 Å². The minimum atomic E-state index is -3.71. The Bertz CT molecular complexity index is 1120. The smallest absolute Gasteiger partial charge is 0.237 e. The predicted molar refractivity (Wildman–Crippen MR) is 129 cm³/mol. The highest BCUT2D eigenvalue weighted by atomic mass is 32.2. The van der Waals surface area contributed by atoms with Crippen LogP contribution in [0.4, 0.5) is 0 Å². The van der Waals surface area contributed by atoms with Crippen molar-refractivity contribution in [1.29, 1.82) is 0 Å². The number of carbonyl (C=O) groups is 1. The first-order valence-electron chi connectivity index (χ1n) is 11.1. The lowest BCUT2D eigenvalue weighted by molar-refractivity contribution is -0.128. The maximum atomic E-state index is 13.5. The van der Waals surface area contributed by atoms with Gasteiger partial charge in [-0.05, 0) is 35.2 Å². The SMILES string of the molecule is CS(=O)(=O)N(C(=O)CC(c1ccccc1)c1ccccc1)C1CCN(Cc2ccncc2)C1. The van der Waals surface area contributed by atoms with Gasteiger partial charge in [0.25, 0.3) is 0 Å². The van der Waals surface area contributed by atoms with Gasteiger partial charge in [-0.2, -0.15) is 0 Å². The quantitative estimate of drug-likeness (QED) is 0.510. The molecule has 1 aliphatic rings. The molecule has 4 rings (SSSR count). The van der Waals surface area contributed by atoms with Crippen molar-refractivity contribution in [2.45, 2.75) is 31.3 Å². The average molecular weight is 464 g/mol. The van der Waals surface area contributed by atoms with Crippen LogP contribution in [0, 0.1) is 0 Å². The number of rotatable bonds is 8. The van der Waals surface area contributed by atoms with E-state index in [0.29, 0.717) is 19.5 Å². The Hall–Kier alpha value is -3.03. The molecular formula is C26H29N3O3S. The first kappa shape index (κ1) is 23.1. The maximum Gasteiger partial charge on any atom is 0.237 e. The molecule has 0 bridgehead atoms. The molecule has 1 saturated heterocycles. The van der Waals surface area contributed by atoms with Gasteiger partial charge in [-0.25, -0.2) is 12.7 Å². The summed E-state index contributed by atoms with van der Waals surface area (Å²) in [6.45, 7) is 1.98. The topological polar surface area (TPSA) is 70.6 Å². The summed E-state index contributed by atoms with van der Waals surface area (Å²) in [5.74, 6) is -0.565. The zero-order chi connectivity index (χ0) is 23.3. The molecular weight excluding hydrogens is 434 g/mol. The van der Waals surface area contributed by atoms with Gasteiger partial charge in [0.2, 0.25) is 15.9 Å². The number of amides is 1. The van der Waals surface area contributed by atoms with Crippen LogP contribution in [0.3, 0.4) is 0 Å². The van der Waals surface area contributed by atoms with Crippen molar-refractivity contribution in [3.05, 3.63) is 102 Å². The Morgan fingerprint density at radius 3 is 2.12 bits per heavy atom. The highest BCUT2D eigenvalue weighted by Gasteiger charge is 2.37. The Morgan fingerprint density at radius 2 is 1.58 bits per heavy atom. The van der Waals surface area contributed by atoms with Gasteiger partial charge in [0.05, 0.1) is 12.3 Å². The molecule has 1 fully saturated rings. The molecule has 33 heavy (non-hydrogen) atoms. The van der Waals surface area contributed by atoms with E-state index in [1.165, 1.54) is 0 Å². The largest absolute Gasteiger partial charge is 0.297 e. The summed E-state index contributed by atoms with van der Waals surface area (Å²) < 4.78 is 26.7. The number of carbonyl (C=O) groups excluding carboxylic acids is 1. The molecule has 6 nitrogen and oxygen atoms in total. The van der Waals surface area contributed by atoms with E-state index in [0.717, 1.165) is 33.8 Å². The second-order valence-electron chi connectivity index (χ2n) is 8.56. The van der Waals surface area contributed by atoms with Crippen molar-refractivity contribution in [3.8, 4) is 0 Å². The van der Waals surface area contributed by atoms with E-state index in [4.69, 9.17) is 0 Å². The molecule has 0 spiro atoms. The molecule has 1 aromatic heterocycles. The van der Waals surface area contributed by atoms with Crippen LogP contribution >= 0.6 is 0 Å². The van der Waals surface area contributed by atoms with Crippen LogP contribution in [-0.4, -0.2) is 53.9 Å². The van der Waals surface area contributed by atoms with Gasteiger partial charge in [0, 0.05) is 44.4 Å². The van der Waals surface area contributed by atoms with Crippen LogP contribution in [-0.2, 0) is 21.4 Å². The molecule has 1 aliphatic heterocycles. The van der Waals surface area contributed by atoms with Gasteiger partial charge in [-0.3, -0.25) is 14.7 Å². The van der Waals surface area contributed by atoms with Crippen molar-refractivity contribution >= 4 is 15.9 Å². The Kier molecular flexibility index (Phi) is 7.20. The summed E-state index contributed by atoms with van der Waals surface area (Å²) >= 11 is 0. The van der Waals surface area contributed by atoms with Crippen LogP contribution in [0.25, 0.3) is 0 Å². The lowest BCUT2D eigenvalue weighted by Crippen LogP contribution is -2.45. The van der Waals surface area contributed by atoms with E-state index >= 15 is 0 Å². The van der Waals surface area contributed by atoms with Crippen LogP contribution in [0.15, 0.2) is 85.2 Å². The number of pyridine rings is 1. The second kappa shape index (κ2) is 10.3. The first-order valence-corrected chi connectivity index (χ1v) is 13.0. The molecule has 0 N–H and O–H groups in total. The van der Waals surface area contributed by atoms with Crippen LogP contribution < -0.4 is 0 Å².